The van der Waals surface area contributed by atoms with E-state index in [2.05, 4.69) is 36.3 Å². The normalized spacial score (nSPS) is 21.0. The molecule has 0 spiro atoms. The highest BCUT2D eigenvalue weighted by Gasteiger charge is 2.22. The molecule has 1 aliphatic heterocycles. The van der Waals surface area contributed by atoms with Crippen LogP contribution in [-0.2, 0) is 4.74 Å². The Kier molecular flexibility index (Phi) is 4.49. The van der Waals surface area contributed by atoms with Gasteiger partial charge in [0.05, 0.1) is 23.4 Å². The maximum Gasteiger partial charge on any atom is 0.0670 e. The average molecular weight is 269 g/mol. The van der Waals surface area contributed by atoms with Crippen LogP contribution in [0.2, 0.25) is 5.02 Å². The molecule has 2 atom stereocenters. The van der Waals surface area contributed by atoms with Gasteiger partial charge in [0.2, 0.25) is 0 Å². The molecule has 1 saturated heterocycles. The summed E-state index contributed by atoms with van der Waals surface area (Å²) in [5.41, 5.74) is 2.29. The summed E-state index contributed by atoms with van der Waals surface area (Å²) in [5.74, 6) is 0. The third-order valence-corrected chi connectivity index (χ3v) is 4.04. The van der Waals surface area contributed by atoms with Crippen LogP contribution in [0.5, 0.6) is 0 Å². The highest BCUT2D eigenvalue weighted by molar-refractivity contribution is 6.33. The van der Waals surface area contributed by atoms with E-state index in [1.165, 1.54) is 5.56 Å². The van der Waals surface area contributed by atoms with E-state index in [0.29, 0.717) is 12.1 Å². The van der Waals surface area contributed by atoms with Gasteiger partial charge in [-0.2, -0.15) is 0 Å². The van der Waals surface area contributed by atoms with E-state index in [1.807, 2.05) is 13.1 Å². The molecule has 0 bridgehead atoms. The van der Waals surface area contributed by atoms with Crippen LogP contribution in [0.3, 0.4) is 0 Å². The maximum atomic E-state index is 6.39. The number of nitrogens with one attached hydrogen (secondary N) is 1. The molecule has 0 radical (unpaired) electrons. The molecule has 1 fully saturated rings. The van der Waals surface area contributed by atoms with E-state index >= 15 is 0 Å². The van der Waals surface area contributed by atoms with E-state index in [4.69, 9.17) is 16.3 Å². The molecule has 1 heterocycles. The van der Waals surface area contributed by atoms with Crippen molar-refractivity contribution in [2.24, 2.45) is 0 Å². The van der Waals surface area contributed by atoms with E-state index < -0.39 is 0 Å². The third kappa shape index (κ3) is 2.79. The molecule has 0 amide bonds. The number of anilines is 1. The van der Waals surface area contributed by atoms with Crippen molar-refractivity contribution in [1.29, 1.82) is 0 Å². The van der Waals surface area contributed by atoms with Gasteiger partial charge in [-0.3, -0.25) is 0 Å². The lowest BCUT2D eigenvalue weighted by atomic mass is 10.1. The zero-order chi connectivity index (χ0) is 13.1. The van der Waals surface area contributed by atoms with Crippen molar-refractivity contribution in [2.75, 3.05) is 32.2 Å². The molecule has 2 rings (SSSR count). The molecule has 100 valence electrons. The zero-order valence-electron chi connectivity index (χ0n) is 11.2. The molecule has 1 aromatic carbocycles. The van der Waals surface area contributed by atoms with Gasteiger partial charge in [-0.1, -0.05) is 17.7 Å². The summed E-state index contributed by atoms with van der Waals surface area (Å²) < 4.78 is 5.42. The van der Waals surface area contributed by atoms with Crippen LogP contribution in [0.25, 0.3) is 0 Å². The van der Waals surface area contributed by atoms with Gasteiger partial charge >= 0.3 is 0 Å². The Balaban J connectivity index is 2.18. The van der Waals surface area contributed by atoms with Gasteiger partial charge in [0, 0.05) is 19.7 Å². The number of hydrogen-bond donors (Lipinski definition) is 1. The molecule has 1 aromatic rings. The fourth-order valence-electron chi connectivity index (χ4n) is 2.27. The fraction of sp³-hybridized carbons (Fsp3) is 0.571. The molecule has 0 saturated carbocycles. The molecule has 1 aliphatic rings. The first-order chi connectivity index (χ1) is 8.63. The average Bonchev–Trinajstić information content (AvgIpc) is 2.90. The minimum atomic E-state index is 0.316. The summed E-state index contributed by atoms with van der Waals surface area (Å²) in [5, 5.41) is 4.03. The standard InChI is InChI=1S/C14H21ClN2O/c1-10(16-2)11-4-5-14(13(15)8-11)17(3)12-6-7-18-9-12/h4-5,8,10,12,16H,6-7,9H2,1-3H3. The number of benzene rings is 1. The van der Waals surface area contributed by atoms with Crippen LogP contribution < -0.4 is 10.2 Å². The van der Waals surface area contributed by atoms with Gasteiger partial charge in [-0.15, -0.1) is 0 Å². The van der Waals surface area contributed by atoms with Crippen LogP contribution in [-0.4, -0.2) is 33.4 Å². The lowest BCUT2D eigenvalue weighted by molar-refractivity contribution is 0.193. The van der Waals surface area contributed by atoms with E-state index in [1.54, 1.807) is 0 Å². The highest BCUT2D eigenvalue weighted by Crippen LogP contribution is 2.30. The van der Waals surface area contributed by atoms with Crippen LogP contribution in [0.15, 0.2) is 18.2 Å². The smallest absolute Gasteiger partial charge is 0.0670 e. The summed E-state index contributed by atoms with van der Waals surface area (Å²) in [6, 6.07) is 7.04. The molecular weight excluding hydrogens is 248 g/mol. The molecule has 1 N–H and O–H groups in total. The first-order valence-electron chi connectivity index (χ1n) is 6.40. The van der Waals surface area contributed by atoms with Crippen molar-refractivity contribution >= 4 is 17.3 Å². The first kappa shape index (κ1) is 13.7. The zero-order valence-corrected chi connectivity index (χ0v) is 12.0. The summed E-state index contributed by atoms with van der Waals surface area (Å²) in [7, 11) is 4.04. The molecule has 18 heavy (non-hydrogen) atoms. The lowest BCUT2D eigenvalue weighted by Gasteiger charge is -2.27. The Bertz CT molecular complexity index is 405. The Morgan fingerprint density at radius 2 is 2.28 bits per heavy atom. The minimum absolute atomic E-state index is 0.316. The van der Waals surface area contributed by atoms with Gasteiger partial charge in [-0.25, -0.2) is 0 Å². The van der Waals surface area contributed by atoms with Gasteiger partial charge in [0.25, 0.3) is 0 Å². The van der Waals surface area contributed by atoms with Crippen molar-refractivity contribution in [3.8, 4) is 0 Å². The van der Waals surface area contributed by atoms with Crippen molar-refractivity contribution in [2.45, 2.75) is 25.4 Å². The number of halogens is 1. The van der Waals surface area contributed by atoms with Crippen LogP contribution >= 0.6 is 11.6 Å². The van der Waals surface area contributed by atoms with Gasteiger partial charge in [-0.05, 0) is 38.1 Å². The number of ether oxygens (including phenoxy) is 1. The lowest BCUT2D eigenvalue weighted by Crippen LogP contribution is -2.32. The molecule has 3 nitrogen and oxygen atoms in total. The van der Waals surface area contributed by atoms with E-state index in [9.17, 15) is 0 Å². The number of hydrogen-bond acceptors (Lipinski definition) is 3. The van der Waals surface area contributed by atoms with Gasteiger partial charge < -0.3 is 15.0 Å². The topological polar surface area (TPSA) is 24.5 Å². The van der Waals surface area contributed by atoms with Crippen molar-refractivity contribution in [3.63, 3.8) is 0 Å². The summed E-state index contributed by atoms with van der Waals surface area (Å²) in [6.45, 7) is 3.77. The molecule has 0 aliphatic carbocycles. The molecule has 4 heteroatoms. The summed E-state index contributed by atoms with van der Waals surface area (Å²) in [4.78, 5) is 2.23. The predicted octanol–water partition coefficient (Wildman–Crippen LogP) is 2.85. The van der Waals surface area contributed by atoms with Gasteiger partial charge in [0.1, 0.15) is 0 Å². The minimum Gasteiger partial charge on any atom is -0.379 e. The maximum absolute atomic E-state index is 6.39. The Hall–Kier alpha value is -0.770. The van der Waals surface area contributed by atoms with Crippen LogP contribution in [0.4, 0.5) is 5.69 Å². The van der Waals surface area contributed by atoms with Gasteiger partial charge in [0.15, 0.2) is 0 Å². The summed E-state index contributed by atoms with van der Waals surface area (Å²) >= 11 is 6.39. The Labute approximate surface area is 114 Å². The van der Waals surface area contributed by atoms with E-state index in [0.717, 1.165) is 30.3 Å². The van der Waals surface area contributed by atoms with Crippen molar-refractivity contribution in [3.05, 3.63) is 28.8 Å². The van der Waals surface area contributed by atoms with Crippen molar-refractivity contribution < 1.29 is 4.74 Å². The Morgan fingerprint density at radius 1 is 1.50 bits per heavy atom. The SMILES string of the molecule is CNC(C)c1ccc(N(C)C2CCOC2)c(Cl)c1. The largest absolute Gasteiger partial charge is 0.379 e. The van der Waals surface area contributed by atoms with Crippen LogP contribution in [0, 0.1) is 0 Å². The first-order valence-corrected chi connectivity index (χ1v) is 6.78. The number of nitrogens with zero attached hydrogens (tertiary/aromatic N) is 1. The number of likely N-dealkylation sites (N-methyl/N-ethyl adjacent to an activating group) is 1. The second-order valence-corrected chi connectivity index (χ2v) is 5.26. The quantitative estimate of drug-likeness (QED) is 0.909. The second-order valence-electron chi connectivity index (χ2n) is 4.85. The molecule has 2 unspecified atom stereocenters. The van der Waals surface area contributed by atoms with Crippen molar-refractivity contribution in [1.82, 2.24) is 5.32 Å². The fourth-order valence-corrected chi connectivity index (χ4v) is 2.59. The monoisotopic (exact) mass is 268 g/mol. The summed E-state index contributed by atoms with van der Waals surface area (Å²) in [6.07, 6.45) is 1.07. The second kappa shape index (κ2) is 5.91. The van der Waals surface area contributed by atoms with E-state index in [-0.39, 0.29) is 0 Å². The third-order valence-electron chi connectivity index (χ3n) is 3.74. The Morgan fingerprint density at radius 3 is 2.83 bits per heavy atom. The number of rotatable bonds is 4. The predicted molar refractivity (Wildman–Crippen MR) is 76.6 cm³/mol. The molecular formula is C14H21ClN2O. The molecule has 0 aromatic heterocycles. The highest BCUT2D eigenvalue weighted by atomic mass is 35.5. The van der Waals surface area contributed by atoms with Crippen LogP contribution in [0.1, 0.15) is 24.9 Å².